The highest BCUT2D eigenvalue weighted by atomic mass is 79.9. The Morgan fingerprint density at radius 1 is 0.727 bits per heavy atom. The van der Waals surface area contributed by atoms with Crippen LogP contribution in [0.3, 0.4) is 0 Å². The maximum atomic E-state index is 3.50. The first-order valence-corrected chi connectivity index (χ1v) is 10.4. The van der Waals surface area contributed by atoms with Crippen molar-refractivity contribution in [1.29, 1.82) is 0 Å². The summed E-state index contributed by atoms with van der Waals surface area (Å²) >= 11 is 3.50. The molecule has 0 bridgehead atoms. The molecule has 1 aromatic rings. The molecule has 0 aliphatic carbocycles. The molecule has 1 heteroatoms. The molecule has 22 heavy (non-hydrogen) atoms. The summed E-state index contributed by atoms with van der Waals surface area (Å²) in [5, 5.41) is 1.17. The van der Waals surface area contributed by atoms with Gasteiger partial charge in [0.15, 0.2) is 0 Å². The van der Waals surface area contributed by atoms with E-state index in [0.29, 0.717) is 5.41 Å². The van der Waals surface area contributed by atoms with Gasteiger partial charge in [0.1, 0.15) is 0 Å². The molecular formula is C21H35Br. The fourth-order valence-corrected chi connectivity index (χ4v) is 3.57. The smallest absolute Gasteiger partial charge is 0.00313 e. The van der Waals surface area contributed by atoms with Crippen LogP contribution in [0.25, 0.3) is 0 Å². The van der Waals surface area contributed by atoms with Gasteiger partial charge in [-0.3, -0.25) is 0 Å². The van der Waals surface area contributed by atoms with Crippen LogP contribution in [0.15, 0.2) is 30.3 Å². The molecule has 1 aromatic carbocycles. The Morgan fingerprint density at radius 3 is 1.77 bits per heavy atom. The third kappa shape index (κ3) is 10.4. The van der Waals surface area contributed by atoms with Crippen LogP contribution < -0.4 is 0 Å². The van der Waals surface area contributed by atoms with Crippen LogP contribution in [0.4, 0.5) is 0 Å². The lowest BCUT2D eigenvalue weighted by atomic mass is 9.81. The minimum absolute atomic E-state index is 0.442. The fourth-order valence-electron chi connectivity index (χ4n) is 3.17. The Kier molecular flexibility index (Phi) is 10.9. The van der Waals surface area contributed by atoms with E-state index >= 15 is 0 Å². The van der Waals surface area contributed by atoms with Crippen LogP contribution >= 0.6 is 15.9 Å². The molecule has 0 saturated heterocycles. The molecule has 0 unspecified atom stereocenters. The maximum Gasteiger partial charge on any atom is 0.00313 e. The minimum atomic E-state index is 0.442. The predicted molar refractivity (Wildman–Crippen MR) is 104 cm³/mol. The maximum absolute atomic E-state index is 3.50. The third-order valence-electron chi connectivity index (χ3n) is 4.51. The molecule has 0 amide bonds. The summed E-state index contributed by atoms with van der Waals surface area (Å²) in [6.07, 6.45) is 15.3. The van der Waals surface area contributed by atoms with Crippen molar-refractivity contribution in [3.05, 3.63) is 35.9 Å². The molecule has 0 fully saturated rings. The molecule has 0 nitrogen and oxygen atoms in total. The van der Waals surface area contributed by atoms with E-state index in [2.05, 4.69) is 60.1 Å². The van der Waals surface area contributed by atoms with Gasteiger partial charge in [-0.15, -0.1) is 0 Å². The van der Waals surface area contributed by atoms with Gasteiger partial charge in [0.25, 0.3) is 0 Å². The highest BCUT2D eigenvalue weighted by Crippen LogP contribution is 2.28. The van der Waals surface area contributed by atoms with Crippen LogP contribution in [-0.4, -0.2) is 5.33 Å². The number of unbranched alkanes of at least 4 members (excludes halogenated alkanes) is 8. The van der Waals surface area contributed by atoms with Crippen LogP contribution in [0, 0.1) is 5.41 Å². The molecule has 0 aromatic heterocycles. The quantitative estimate of drug-likeness (QED) is 0.249. The van der Waals surface area contributed by atoms with E-state index < -0.39 is 0 Å². The average molecular weight is 367 g/mol. The summed E-state index contributed by atoms with van der Waals surface area (Å²) in [7, 11) is 0. The lowest BCUT2D eigenvalue weighted by Gasteiger charge is -2.24. The van der Waals surface area contributed by atoms with Gasteiger partial charge in [-0.2, -0.15) is 0 Å². The van der Waals surface area contributed by atoms with E-state index in [4.69, 9.17) is 0 Å². The van der Waals surface area contributed by atoms with Crippen LogP contribution in [0.2, 0.25) is 0 Å². The molecule has 0 radical (unpaired) electrons. The monoisotopic (exact) mass is 366 g/mol. The van der Waals surface area contributed by atoms with Crippen LogP contribution in [0.5, 0.6) is 0 Å². The molecule has 0 aliphatic heterocycles. The second kappa shape index (κ2) is 12.2. The molecule has 0 atom stereocenters. The number of benzene rings is 1. The standard InChI is InChI=1S/C21H35Br/c1-21(2,19-20-15-11-10-12-16-20)17-13-8-6-4-3-5-7-9-14-18-22/h10-12,15-16H,3-9,13-14,17-19H2,1-2H3. The van der Waals surface area contributed by atoms with E-state index in [1.807, 2.05) is 0 Å². The van der Waals surface area contributed by atoms with Crippen LogP contribution in [-0.2, 0) is 6.42 Å². The van der Waals surface area contributed by atoms with Gasteiger partial charge < -0.3 is 0 Å². The molecule has 0 spiro atoms. The summed E-state index contributed by atoms with van der Waals surface area (Å²) in [4.78, 5) is 0. The first-order valence-electron chi connectivity index (χ1n) is 9.24. The van der Waals surface area contributed by atoms with Crippen molar-refractivity contribution in [3.8, 4) is 0 Å². The second-order valence-corrected chi connectivity index (χ2v) is 8.24. The van der Waals surface area contributed by atoms with Crippen molar-refractivity contribution in [2.24, 2.45) is 5.41 Å². The van der Waals surface area contributed by atoms with E-state index in [-0.39, 0.29) is 0 Å². The Balaban J connectivity index is 1.99. The van der Waals surface area contributed by atoms with E-state index in [1.165, 1.54) is 81.5 Å². The molecule has 126 valence electrons. The van der Waals surface area contributed by atoms with E-state index in [0.717, 1.165) is 0 Å². The minimum Gasteiger partial charge on any atom is -0.0928 e. The van der Waals surface area contributed by atoms with Crippen molar-refractivity contribution >= 4 is 15.9 Å². The van der Waals surface area contributed by atoms with Gasteiger partial charge in [0.2, 0.25) is 0 Å². The SMILES string of the molecule is CC(C)(CCCCCCCCCCCBr)Cc1ccccc1. The average Bonchev–Trinajstić information content (AvgIpc) is 2.49. The van der Waals surface area contributed by atoms with Gasteiger partial charge in [0, 0.05) is 5.33 Å². The predicted octanol–water partition coefficient (Wildman–Crippen LogP) is 7.55. The fraction of sp³-hybridized carbons (Fsp3) is 0.714. The van der Waals surface area contributed by atoms with Crippen molar-refractivity contribution in [2.45, 2.75) is 84.5 Å². The number of hydrogen-bond acceptors (Lipinski definition) is 0. The largest absolute Gasteiger partial charge is 0.0928 e. The molecule has 0 heterocycles. The summed E-state index contributed by atoms with van der Waals surface area (Å²) < 4.78 is 0. The lowest BCUT2D eigenvalue weighted by molar-refractivity contribution is 0.316. The van der Waals surface area contributed by atoms with Gasteiger partial charge in [-0.25, -0.2) is 0 Å². The summed E-state index contributed by atoms with van der Waals surface area (Å²) in [5.74, 6) is 0. The summed E-state index contributed by atoms with van der Waals surface area (Å²) in [6, 6.07) is 10.9. The number of hydrogen-bond donors (Lipinski definition) is 0. The van der Waals surface area contributed by atoms with E-state index in [9.17, 15) is 0 Å². The Bertz CT molecular complexity index is 355. The highest BCUT2D eigenvalue weighted by Gasteiger charge is 2.17. The molecule has 0 N–H and O–H groups in total. The van der Waals surface area contributed by atoms with Crippen LogP contribution in [0.1, 0.15) is 83.6 Å². The van der Waals surface area contributed by atoms with Crippen molar-refractivity contribution < 1.29 is 0 Å². The van der Waals surface area contributed by atoms with Gasteiger partial charge >= 0.3 is 0 Å². The zero-order valence-corrected chi connectivity index (χ0v) is 16.3. The summed E-state index contributed by atoms with van der Waals surface area (Å²) in [6.45, 7) is 4.84. The first kappa shape index (κ1) is 19.7. The topological polar surface area (TPSA) is 0 Å². The van der Waals surface area contributed by atoms with Gasteiger partial charge in [-0.05, 0) is 30.2 Å². The van der Waals surface area contributed by atoms with Gasteiger partial charge in [0.05, 0.1) is 0 Å². The Hall–Kier alpha value is -0.300. The third-order valence-corrected chi connectivity index (χ3v) is 5.07. The summed E-state index contributed by atoms with van der Waals surface area (Å²) in [5.41, 5.74) is 1.92. The normalized spacial score (nSPS) is 11.8. The Labute approximate surface area is 147 Å². The lowest BCUT2D eigenvalue weighted by Crippen LogP contribution is -2.14. The Morgan fingerprint density at radius 2 is 1.23 bits per heavy atom. The number of rotatable bonds is 13. The van der Waals surface area contributed by atoms with Crippen molar-refractivity contribution in [1.82, 2.24) is 0 Å². The van der Waals surface area contributed by atoms with Gasteiger partial charge in [-0.1, -0.05) is 111 Å². The second-order valence-electron chi connectivity index (χ2n) is 7.45. The highest BCUT2D eigenvalue weighted by molar-refractivity contribution is 9.09. The molecule has 1 rings (SSSR count). The van der Waals surface area contributed by atoms with Crippen molar-refractivity contribution in [2.75, 3.05) is 5.33 Å². The zero-order valence-electron chi connectivity index (χ0n) is 14.7. The zero-order chi connectivity index (χ0) is 16.1. The molecule has 0 aliphatic rings. The first-order chi connectivity index (χ1) is 10.6. The molecular weight excluding hydrogens is 332 g/mol. The molecule has 0 saturated carbocycles. The van der Waals surface area contributed by atoms with E-state index in [1.54, 1.807) is 0 Å². The number of alkyl halides is 1. The number of halogens is 1. The van der Waals surface area contributed by atoms with Crippen molar-refractivity contribution in [3.63, 3.8) is 0 Å².